The lowest BCUT2D eigenvalue weighted by molar-refractivity contribution is -0.120. The van der Waals surface area contributed by atoms with Crippen molar-refractivity contribution in [1.29, 1.82) is 0 Å². The molecule has 0 unspecified atom stereocenters. The molecule has 0 heterocycles. The second kappa shape index (κ2) is 8.29. The number of carbonyl (C=O) groups is 2. The summed E-state index contributed by atoms with van der Waals surface area (Å²) in [6.45, 7) is 0.317. The van der Waals surface area contributed by atoms with Gasteiger partial charge in [0, 0.05) is 17.1 Å². The molecule has 2 aromatic rings. The number of hydrogen-bond acceptors (Lipinski definition) is 2. The maximum absolute atomic E-state index is 12.8. The molecule has 0 saturated carbocycles. The number of hydrogen-bond donors (Lipinski definition) is 2. The molecule has 0 bridgehead atoms. The second-order valence-corrected chi connectivity index (χ2v) is 5.36. The van der Waals surface area contributed by atoms with E-state index in [1.807, 2.05) is 18.2 Å². The summed E-state index contributed by atoms with van der Waals surface area (Å²) in [7, 11) is 0. The smallest absolute Gasteiger partial charge is 0.251 e. The van der Waals surface area contributed by atoms with E-state index in [0.29, 0.717) is 23.6 Å². The lowest BCUT2D eigenvalue weighted by atomic mass is 10.1. The van der Waals surface area contributed by atoms with E-state index in [-0.39, 0.29) is 12.5 Å². The lowest BCUT2D eigenvalue weighted by Gasteiger charge is -2.07. The van der Waals surface area contributed by atoms with E-state index in [2.05, 4.69) is 10.6 Å². The Morgan fingerprint density at radius 1 is 1.04 bits per heavy atom. The van der Waals surface area contributed by atoms with Crippen LogP contribution in [0, 0.1) is 5.82 Å². The minimum Gasteiger partial charge on any atom is -0.354 e. The highest BCUT2D eigenvalue weighted by molar-refractivity contribution is 6.30. The number of rotatable bonds is 6. The average Bonchev–Trinajstić information content (AvgIpc) is 2.53. The van der Waals surface area contributed by atoms with Crippen molar-refractivity contribution in [2.45, 2.75) is 6.42 Å². The summed E-state index contributed by atoms with van der Waals surface area (Å²) in [5.74, 6) is -1.13. The minimum atomic E-state index is -0.421. The molecule has 0 fully saturated rings. The van der Waals surface area contributed by atoms with Crippen molar-refractivity contribution >= 4 is 23.4 Å². The molecule has 0 radical (unpaired) electrons. The van der Waals surface area contributed by atoms with Crippen LogP contribution < -0.4 is 10.6 Å². The van der Waals surface area contributed by atoms with Crippen LogP contribution in [-0.2, 0) is 11.2 Å². The largest absolute Gasteiger partial charge is 0.354 e. The van der Waals surface area contributed by atoms with Gasteiger partial charge in [0.25, 0.3) is 5.91 Å². The zero-order chi connectivity index (χ0) is 16.7. The van der Waals surface area contributed by atoms with Crippen LogP contribution in [0.5, 0.6) is 0 Å². The Bertz CT molecular complexity index is 689. The number of benzene rings is 2. The molecule has 2 aromatic carbocycles. The van der Waals surface area contributed by atoms with E-state index >= 15 is 0 Å². The summed E-state index contributed by atoms with van der Waals surface area (Å²) >= 11 is 5.88. The van der Waals surface area contributed by atoms with Gasteiger partial charge in [-0.3, -0.25) is 9.59 Å². The molecule has 0 saturated heterocycles. The van der Waals surface area contributed by atoms with Crippen LogP contribution in [0.15, 0.2) is 48.5 Å². The Balaban J connectivity index is 1.70. The topological polar surface area (TPSA) is 58.2 Å². The first-order chi connectivity index (χ1) is 11.0. The van der Waals surface area contributed by atoms with Gasteiger partial charge in [0.2, 0.25) is 5.91 Å². The zero-order valence-corrected chi connectivity index (χ0v) is 13.1. The number of amides is 2. The first-order valence-electron chi connectivity index (χ1n) is 7.09. The van der Waals surface area contributed by atoms with Gasteiger partial charge in [-0.2, -0.15) is 0 Å². The molecule has 2 rings (SSSR count). The van der Waals surface area contributed by atoms with E-state index in [1.54, 1.807) is 6.07 Å². The monoisotopic (exact) mass is 334 g/mol. The molecule has 0 atom stereocenters. The molecule has 2 amide bonds. The summed E-state index contributed by atoms with van der Waals surface area (Å²) in [6, 6.07) is 12.5. The van der Waals surface area contributed by atoms with Gasteiger partial charge in [0.05, 0.1) is 6.54 Å². The Hall–Kier alpha value is -2.40. The Morgan fingerprint density at radius 2 is 1.78 bits per heavy atom. The third-order valence-electron chi connectivity index (χ3n) is 3.14. The van der Waals surface area contributed by atoms with Crippen LogP contribution in [0.3, 0.4) is 0 Å². The van der Waals surface area contributed by atoms with E-state index in [9.17, 15) is 14.0 Å². The van der Waals surface area contributed by atoms with Gasteiger partial charge in [0.15, 0.2) is 0 Å². The SMILES string of the molecule is O=C(CNC(=O)c1ccc(F)cc1)NCCc1cccc(Cl)c1. The summed E-state index contributed by atoms with van der Waals surface area (Å²) in [6.07, 6.45) is 0.651. The highest BCUT2D eigenvalue weighted by Gasteiger charge is 2.07. The molecule has 6 heteroatoms. The molecule has 4 nitrogen and oxygen atoms in total. The highest BCUT2D eigenvalue weighted by atomic mass is 35.5. The maximum atomic E-state index is 12.8. The fraction of sp³-hybridized carbons (Fsp3) is 0.176. The fourth-order valence-corrected chi connectivity index (χ4v) is 2.18. The van der Waals surface area contributed by atoms with Crippen LogP contribution in [0.4, 0.5) is 4.39 Å². The fourth-order valence-electron chi connectivity index (χ4n) is 1.97. The molecule has 0 aliphatic rings. The van der Waals surface area contributed by atoms with Gasteiger partial charge in [-0.25, -0.2) is 4.39 Å². The predicted molar refractivity (Wildman–Crippen MR) is 86.9 cm³/mol. The predicted octanol–water partition coefficient (Wildman–Crippen LogP) is 2.57. The van der Waals surface area contributed by atoms with Gasteiger partial charge in [-0.1, -0.05) is 23.7 Å². The van der Waals surface area contributed by atoms with E-state index in [0.717, 1.165) is 5.56 Å². The Labute approximate surface area is 138 Å². The standard InChI is InChI=1S/C17H16ClFN2O2/c18-14-3-1-2-12(10-14)8-9-20-16(22)11-21-17(23)13-4-6-15(19)7-5-13/h1-7,10H,8-9,11H2,(H,20,22)(H,21,23). The molecule has 23 heavy (non-hydrogen) atoms. The first kappa shape index (κ1) is 17.0. The average molecular weight is 335 g/mol. The van der Waals surface area contributed by atoms with Crippen molar-refractivity contribution in [3.05, 3.63) is 70.5 Å². The molecular weight excluding hydrogens is 319 g/mol. The Kier molecular flexibility index (Phi) is 6.11. The summed E-state index contributed by atoms with van der Waals surface area (Å²) < 4.78 is 12.8. The highest BCUT2D eigenvalue weighted by Crippen LogP contribution is 2.10. The van der Waals surface area contributed by atoms with Crippen molar-refractivity contribution < 1.29 is 14.0 Å². The van der Waals surface area contributed by atoms with E-state index < -0.39 is 11.7 Å². The summed E-state index contributed by atoms with van der Waals surface area (Å²) in [5.41, 5.74) is 1.33. The number of carbonyl (C=O) groups excluding carboxylic acids is 2. The van der Waals surface area contributed by atoms with Crippen LogP contribution in [0.2, 0.25) is 5.02 Å². The van der Waals surface area contributed by atoms with Crippen LogP contribution in [0.25, 0.3) is 0 Å². The van der Waals surface area contributed by atoms with Gasteiger partial charge >= 0.3 is 0 Å². The molecule has 120 valence electrons. The lowest BCUT2D eigenvalue weighted by Crippen LogP contribution is -2.37. The molecule has 0 aliphatic heterocycles. The molecular formula is C17H16ClFN2O2. The third-order valence-corrected chi connectivity index (χ3v) is 3.38. The second-order valence-electron chi connectivity index (χ2n) is 4.92. The van der Waals surface area contributed by atoms with Crippen molar-refractivity contribution in [2.24, 2.45) is 0 Å². The number of nitrogens with one attached hydrogen (secondary N) is 2. The van der Waals surface area contributed by atoms with E-state index in [1.165, 1.54) is 24.3 Å². The normalized spacial score (nSPS) is 10.2. The van der Waals surface area contributed by atoms with E-state index in [4.69, 9.17) is 11.6 Å². The van der Waals surface area contributed by atoms with Crippen molar-refractivity contribution in [3.63, 3.8) is 0 Å². The van der Waals surface area contributed by atoms with Crippen LogP contribution in [-0.4, -0.2) is 24.9 Å². The molecule has 0 spiro atoms. The summed E-state index contributed by atoms with van der Waals surface area (Å²) in [4.78, 5) is 23.4. The molecule has 2 N–H and O–H groups in total. The van der Waals surface area contributed by atoms with Crippen molar-refractivity contribution in [1.82, 2.24) is 10.6 Å². The third kappa shape index (κ3) is 5.71. The summed E-state index contributed by atoms with van der Waals surface area (Å²) in [5, 5.41) is 5.84. The molecule has 0 aliphatic carbocycles. The minimum absolute atomic E-state index is 0.133. The molecule has 0 aromatic heterocycles. The van der Waals surface area contributed by atoms with Gasteiger partial charge in [-0.15, -0.1) is 0 Å². The van der Waals surface area contributed by atoms with Crippen molar-refractivity contribution in [2.75, 3.05) is 13.1 Å². The van der Waals surface area contributed by atoms with Gasteiger partial charge in [0.1, 0.15) is 5.82 Å². The quantitative estimate of drug-likeness (QED) is 0.853. The first-order valence-corrected chi connectivity index (χ1v) is 7.47. The van der Waals surface area contributed by atoms with Crippen LogP contribution in [0.1, 0.15) is 15.9 Å². The van der Waals surface area contributed by atoms with Gasteiger partial charge < -0.3 is 10.6 Å². The van der Waals surface area contributed by atoms with Crippen LogP contribution >= 0.6 is 11.6 Å². The zero-order valence-electron chi connectivity index (χ0n) is 12.3. The van der Waals surface area contributed by atoms with Gasteiger partial charge in [-0.05, 0) is 48.4 Å². The number of halogens is 2. The Morgan fingerprint density at radius 3 is 2.48 bits per heavy atom. The van der Waals surface area contributed by atoms with Crippen molar-refractivity contribution in [3.8, 4) is 0 Å². The maximum Gasteiger partial charge on any atom is 0.251 e.